The maximum Gasteiger partial charge on any atom is 0.0400 e. The van der Waals surface area contributed by atoms with E-state index in [4.69, 9.17) is 11.6 Å². The lowest BCUT2D eigenvalue weighted by Crippen LogP contribution is -2.42. The normalized spacial score (nSPS) is 19.1. The van der Waals surface area contributed by atoms with Crippen molar-refractivity contribution in [2.75, 3.05) is 32.1 Å². The smallest absolute Gasteiger partial charge is 0.0400 e. The van der Waals surface area contributed by atoms with Crippen molar-refractivity contribution in [3.8, 4) is 0 Å². The summed E-state index contributed by atoms with van der Waals surface area (Å²) in [7, 11) is 0. The molecule has 0 radical (unpaired) electrons. The average molecular weight is 219 g/mol. The Morgan fingerprint density at radius 1 is 1.29 bits per heavy atom. The number of halogens is 1. The van der Waals surface area contributed by atoms with Crippen molar-refractivity contribution >= 4 is 11.6 Å². The molecule has 0 aromatic rings. The first-order valence-electron chi connectivity index (χ1n) is 5.67. The van der Waals surface area contributed by atoms with Crippen molar-refractivity contribution in [1.29, 1.82) is 0 Å². The van der Waals surface area contributed by atoms with Crippen LogP contribution >= 0.6 is 11.6 Å². The van der Waals surface area contributed by atoms with Gasteiger partial charge < -0.3 is 10.2 Å². The number of likely N-dealkylation sites (tertiary alicyclic amines) is 1. The summed E-state index contributed by atoms with van der Waals surface area (Å²) in [6.07, 6.45) is 4.02. The van der Waals surface area contributed by atoms with Crippen molar-refractivity contribution in [1.82, 2.24) is 10.2 Å². The molecular weight excluding hydrogens is 196 g/mol. The average Bonchev–Trinajstić information content (AvgIpc) is 2.65. The number of alkyl halides is 1. The predicted molar refractivity (Wildman–Crippen MR) is 63.1 cm³/mol. The van der Waals surface area contributed by atoms with Gasteiger partial charge in [0.05, 0.1) is 0 Å². The van der Waals surface area contributed by atoms with Crippen LogP contribution in [-0.2, 0) is 0 Å². The molecule has 1 saturated heterocycles. The summed E-state index contributed by atoms with van der Waals surface area (Å²) in [4.78, 5) is 2.55. The highest BCUT2D eigenvalue weighted by Crippen LogP contribution is 2.08. The third-order valence-corrected chi connectivity index (χ3v) is 3.46. The van der Waals surface area contributed by atoms with E-state index in [1.807, 2.05) is 0 Å². The number of nitrogens with zero attached hydrogens (tertiary/aromatic N) is 1. The van der Waals surface area contributed by atoms with Gasteiger partial charge in [-0.15, -0.1) is 11.6 Å². The van der Waals surface area contributed by atoms with Gasteiger partial charge in [-0.3, -0.25) is 0 Å². The maximum atomic E-state index is 5.83. The van der Waals surface area contributed by atoms with E-state index in [1.54, 1.807) is 0 Å². The van der Waals surface area contributed by atoms with Crippen molar-refractivity contribution < 1.29 is 0 Å². The molecule has 3 heteroatoms. The van der Waals surface area contributed by atoms with Crippen LogP contribution in [0.5, 0.6) is 0 Å². The molecule has 0 saturated carbocycles. The molecule has 0 amide bonds. The number of hydrogen-bond acceptors (Lipinski definition) is 2. The number of hydrogen-bond donors (Lipinski definition) is 1. The summed E-state index contributed by atoms with van der Waals surface area (Å²) in [5.74, 6) is 0.677. The molecule has 1 N–H and O–H groups in total. The van der Waals surface area contributed by atoms with Gasteiger partial charge in [-0.2, -0.15) is 0 Å². The van der Waals surface area contributed by atoms with Gasteiger partial charge in [-0.05, 0) is 59.3 Å². The van der Waals surface area contributed by atoms with E-state index >= 15 is 0 Å². The van der Waals surface area contributed by atoms with Crippen LogP contribution in [0.3, 0.4) is 0 Å². The van der Waals surface area contributed by atoms with Gasteiger partial charge in [0, 0.05) is 11.4 Å². The van der Waals surface area contributed by atoms with Gasteiger partial charge in [0.2, 0.25) is 0 Å². The van der Waals surface area contributed by atoms with Gasteiger partial charge in [0.15, 0.2) is 0 Å². The fourth-order valence-corrected chi connectivity index (χ4v) is 1.88. The summed E-state index contributed by atoms with van der Waals surface area (Å²) >= 11 is 5.83. The Morgan fingerprint density at radius 2 is 1.93 bits per heavy atom. The fourth-order valence-electron chi connectivity index (χ4n) is 1.78. The topological polar surface area (TPSA) is 15.3 Å². The van der Waals surface area contributed by atoms with Crippen LogP contribution in [0.1, 0.15) is 33.1 Å². The van der Waals surface area contributed by atoms with E-state index in [9.17, 15) is 0 Å². The fraction of sp³-hybridized carbons (Fsp3) is 1.00. The maximum absolute atomic E-state index is 5.83. The molecule has 2 nitrogen and oxygen atoms in total. The van der Waals surface area contributed by atoms with Gasteiger partial charge in [0.1, 0.15) is 0 Å². The highest BCUT2D eigenvalue weighted by Gasteiger charge is 2.15. The van der Waals surface area contributed by atoms with Gasteiger partial charge in [-0.1, -0.05) is 0 Å². The first-order chi connectivity index (χ1) is 6.64. The lowest BCUT2D eigenvalue weighted by atomic mass is 10.1. The number of nitrogens with one attached hydrogen (secondary N) is 1. The van der Waals surface area contributed by atoms with Crippen LogP contribution < -0.4 is 5.32 Å². The largest absolute Gasteiger partial charge is 0.311 e. The molecule has 0 aromatic heterocycles. The molecule has 0 aliphatic carbocycles. The van der Waals surface area contributed by atoms with E-state index < -0.39 is 0 Å². The van der Waals surface area contributed by atoms with E-state index in [2.05, 4.69) is 24.1 Å². The molecule has 0 bridgehead atoms. The highest BCUT2D eigenvalue weighted by molar-refractivity contribution is 6.18. The first-order valence-corrected chi connectivity index (χ1v) is 6.21. The van der Waals surface area contributed by atoms with Gasteiger partial charge in [-0.25, -0.2) is 0 Å². The molecule has 1 rings (SSSR count). The summed E-state index contributed by atoms with van der Waals surface area (Å²) in [5.41, 5.74) is 0.0898. The molecule has 1 heterocycles. The second-order valence-corrected chi connectivity index (χ2v) is 5.11. The molecule has 0 spiro atoms. The zero-order valence-corrected chi connectivity index (χ0v) is 10.2. The Morgan fingerprint density at radius 3 is 2.50 bits per heavy atom. The minimum atomic E-state index is 0.0898. The zero-order chi connectivity index (χ0) is 10.4. The quantitative estimate of drug-likeness (QED) is 0.543. The summed E-state index contributed by atoms with van der Waals surface area (Å²) in [6, 6.07) is 0. The van der Waals surface area contributed by atoms with E-state index in [0.717, 1.165) is 6.54 Å². The molecule has 0 atom stereocenters. The van der Waals surface area contributed by atoms with Gasteiger partial charge in [0.25, 0.3) is 0 Å². The molecule has 1 aliphatic rings. The minimum Gasteiger partial charge on any atom is -0.311 e. The zero-order valence-electron chi connectivity index (χ0n) is 9.48. The molecule has 84 valence electrons. The van der Waals surface area contributed by atoms with E-state index in [1.165, 1.54) is 38.9 Å². The molecular formula is C11H23ClN2. The monoisotopic (exact) mass is 218 g/mol. The lowest BCUT2D eigenvalue weighted by Gasteiger charge is -2.24. The first kappa shape index (κ1) is 12.3. The van der Waals surface area contributed by atoms with Crippen molar-refractivity contribution in [2.24, 2.45) is 0 Å². The van der Waals surface area contributed by atoms with Crippen molar-refractivity contribution in [2.45, 2.75) is 38.6 Å². The molecule has 1 fully saturated rings. The second kappa shape index (κ2) is 5.94. The molecule has 14 heavy (non-hydrogen) atoms. The standard InChI is InChI=1S/C11H23ClN2/c1-11(2,10-12)13-6-5-9-14-7-3-4-8-14/h13H,3-10H2,1-2H3. The summed E-state index contributed by atoms with van der Waals surface area (Å²) < 4.78 is 0. The Bertz CT molecular complexity index is 153. The van der Waals surface area contributed by atoms with Crippen LogP contribution in [0.15, 0.2) is 0 Å². The van der Waals surface area contributed by atoms with Crippen LogP contribution in [0, 0.1) is 0 Å². The third kappa shape index (κ3) is 4.63. The summed E-state index contributed by atoms with van der Waals surface area (Å²) in [6.45, 7) is 9.23. The van der Waals surface area contributed by atoms with Crippen molar-refractivity contribution in [3.05, 3.63) is 0 Å². The minimum absolute atomic E-state index is 0.0898. The Labute approximate surface area is 93.0 Å². The predicted octanol–water partition coefficient (Wildman–Crippen LogP) is 2.08. The summed E-state index contributed by atoms with van der Waals surface area (Å²) in [5, 5.41) is 3.47. The Hall–Kier alpha value is 0.210. The lowest BCUT2D eigenvalue weighted by molar-refractivity contribution is 0.320. The van der Waals surface area contributed by atoms with E-state index in [-0.39, 0.29) is 5.54 Å². The second-order valence-electron chi connectivity index (χ2n) is 4.85. The Kier molecular flexibility index (Phi) is 5.21. The SMILES string of the molecule is CC(C)(CCl)NCCCN1CCCC1. The number of rotatable bonds is 6. The molecule has 0 unspecified atom stereocenters. The highest BCUT2D eigenvalue weighted by atomic mass is 35.5. The van der Waals surface area contributed by atoms with Crippen molar-refractivity contribution in [3.63, 3.8) is 0 Å². The van der Waals surface area contributed by atoms with Crippen LogP contribution in [0.4, 0.5) is 0 Å². The molecule has 1 aliphatic heterocycles. The van der Waals surface area contributed by atoms with Crippen LogP contribution in [-0.4, -0.2) is 42.5 Å². The Balaban J connectivity index is 1.98. The van der Waals surface area contributed by atoms with Gasteiger partial charge >= 0.3 is 0 Å². The van der Waals surface area contributed by atoms with E-state index in [0.29, 0.717) is 5.88 Å². The molecule has 0 aromatic carbocycles. The van der Waals surface area contributed by atoms with Crippen LogP contribution in [0.25, 0.3) is 0 Å². The third-order valence-electron chi connectivity index (χ3n) is 2.79. The van der Waals surface area contributed by atoms with Crippen LogP contribution in [0.2, 0.25) is 0 Å².